The van der Waals surface area contributed by atoms with Gasteiger partial charge in [-0.05, 0) is 50.6 Å². The van der Waals surface area contributed by atoms with Crippen LogP contribution in [0.25, 0.3) is 0 Å². The number of nitrogens with one attached hydrogen (secondary N) is 1. The third-order valence-corrected chi connectivity index (χ3v) is 6.26. The van der Waals surface area contributed by atoms with Gasteiger partial charge in [0.1, 0.15) is 11.9 Å². The van der Waals surface area contributed by atoms with Crippen LogP contribution in [0.4, 0.5) is 0 Å². The number of ether oxygens (including phenoxy) is 1. The fraction of sp³-hybridized carbons (Fsp3) is 0.520. The van der Waals surface area contributed by atoms with E-state index in [4.69, 9.17) is 4.74 Å². The molecule has 166 valence electrons. The lowest BCUT2D eigenvalue weighted by Crippen LogP contribution is -2.41. The summed E-state index contributed by atoms with van der Waals surface area (Å²) in [4.78, 5) is 21.8. The Labute approximate surface area is 185 Å². The molecule has 1 aromatic carbocycles. The number of nitrogens with zero attached hydrogens (tertiary/aromatic N) is 3. The first-order valence-corrected chi connectivity index (χ1v) is 11.6. The summed E-state index contributed by atoms with van der Waals surface area (Å²) in [7, 11) is 0. The van der Waals surface area contributed by atoms with E-state index in [1.807, 2.05) is 30.5 Å². The molecule has 2 aliphatic rings. The van der Waals surface area contributed by atoms with Crippen molar-refractivity contribution in [1.29, 1.82) is 0 Å². The number of pyridine rings is 1. The lowest BCUT2D eigenvalue weighted by Gasteiger charge is -2.34. The van der Waals surface area contributed by atoms with Crippen LogP contribution in [0.3, 0.4) is 0 Å². The molecule has 31 heavy (non-hydrogen) atoms. The van der Waals surface area contributed by atoms with Gasteiger partial charge in [0.05, 0.1) is 6.04 Å². The molecular formula is C25H34N4O2. The minimum atomic E-state index is 0.108. The molecule has 3 heterocycles. The van der Waals surface area contributed by atoms with Gasteiger partial charge in [-0.15, -0.1) is 0 Å². The molecule has 0 aliphatic carbocycles. The van der Waals surface area contributed by atoms with Crippen LogP contribution in [0.2, 0.25) is 0 Å². The van der Waals surface area contributed by atoms with Crippen LogP contribution in [-0.2, 0) is 11.3 Å². The molecule has 6 heteroatoms. The molecule has 1 saturated heterocycles. The van der Waals surface area contributed by atoms with Gasteiger partial charge in [0.2, 0.25) is 5.91 Å². The van der Waals surface area contributed by atoms with Crippen molar-refractivity contribution in [2.75, 3.05) is 32.7 Å². The van der Waals surface area contributed by atoms with Gasteiger partial charge in [-0.25, -0.2) is 0 Å². The summed E-state index contributed by atoms with van der Waals surface area (Å²) in [6.45, 7) is 7.27. The summed E-state index contributed by atoms with van der Waals surface area (Å²) in [5, 5.41) is 3.20. The third kappa shape index (κ3) is 6.05. The highest BCUT2D eigenvalue weighted by Gasteiger charge is 2.24. The lowest BCUT2D eigenvalue weighted by atomic mass is 10.0. The number of aromatic nitrogens is 1. The molecule has 1 aromatic heterocycles. The van der Waals surface area contributed by atoms with Crippen molar-refractivity contribution in [2.45, 2.75) is 51.3 Å². The van der Waals surface area contributed by atoms with E-state index in [9.17, 15) is 4.79 Å². The van der Waals surface area contributed by atoms with E-state index in [0.29, 0.717) is 13.0 Å². The molecule has 6 nitrogen and oxygen atoms in total. The SMILES string of the molecule is C[C@H]1CN(CCC(=O)NC[C@H](c2cccnc2)N2CCCCC2)Cc2ccccc2O1. The smallest absolute Gasteiger partial charge is 0.221 e. The average Bonchev–Trinajstić information content (AvgIpc) is 2.96. The molecule has 4 rings (SSSR count). The van der Waals surface area contributed by atoms with E-state index < -0.39 is 0 Å². The zero-order valence-corrected chi connectivity index (χ0v) is 18.5. The van der Waals surface area contributed by atoms with Gasteiger partial charge in [-0.2, -0.15) is 0 Å². The fourth-order valence-electron chi connectivity index (χ4n) is 4.66. The summed E-state index contributed by atoms with van der Waals surface area (Å²) >= 11 is 0. The first kappa shape index (κ1) is 21.8. The number of piperidine rings is 1. The third-order valence-electron chi connectivity index (χ3n) is 6.26. The number of benzene rings is 1. The van der Waals surface area contributed by atoms with E-state index in [1.165, 1.54) is 30.4 Å². The summed E-state index contributed by atoms with van der Waals surface area (Å²) in [6.07, 6.45) is 8.09. The van der Waals surface area contributed by atoms with Crippen molar-refractivity contribution in [3.05, 3.63) is 59.9 Å². The molecule has 0 spiro atoms. The highest BCUT2D eigenvalue weighted by atomic mass is 16.5. The Morgan fingerprint density at radius 2 is 2.03 bits per heavy atom. The Hall–Kier alpha value is -2.44. The van der Waals surface area contributed by atoms with Crippen LogP contribution in [0.15, 0.2) is 48.8 Å². The Kier molecular flexibility index (Phi) is 7.54. The Morgan fingerprint density at radius 1 is 1.19 bits per heavy atom. The predicted octanol–water partition coefficient (Wildman–Crippen LogP) is 3.40. The Morgan fingerprint density at radius 3 is 2.84 bits per heavy atom. The Bertz CT molecular complexity index is 838. The first-order chi connectivity index (χ1) is 15.2. The van der Waals surface area contributed by atoms with Gasteiger partial charge in [0.15, 0.2) is 0 Å². The highest BCUT2D eigenvalue weighted by molar-refractivity contribution is 5.76. The second-order valence-corrected chi connectivity index (χ2v) is 8.72. The minimum Gasteiger partial charge on any atom is -0.489 e. The van der Waals surface area contributed by atoms with Gasteiger partial charge < -0.3 is 10.1 Å². The number of para-hydroxylation sites is 1. The summed E-state index contributed by atoms with van der Waals surface area (Å²) in [5.74, 6) is 1.07. The Balaban J connectivity index is 1.31. The van der Waals surface area contributed by atoms with E-state index in [0.717, 1.165) is 38.5 Å². The first-order valence-electron chi connectivity index (χ1n) is 11.6. The van der Waals surface area contributed by atoms with Crippen molar-refractivity contribution in [2.24, 2.45) is 0 Å². The summed E-state index contributed by atoms with van der Waals surface area (Å²) in [5.41, 5.74) is 2.37. The van der Waals surface area contributed by atoms with Crippen molar-refractivity contribution in [1.82, 2.24) is 20.1 Å². The van der Waals surface area contributed by atoms with E-state index in [2.05, 4.69) is 39.2 Å². The number of fused-ring (bicyclic) bond motifs is 1. The summed E-state index contributed by atoms with van der Waals surface area (Å²) in [6, 6.07) is 12.5. The van der Waals surface area contributed by atoms with Crippen LogP contribution < -0.4 is 10.1 Å². The predicted molar refractivity (Wildman–Crippen MR) is 122 cm³/mol. The second-order valence-electron chi connectivity index (χ2n) is 8.72. The maximum absolute atomic E-state index is 12.7. The number of amides is 1. The molecule has 0 bridgehead atoms. The molecule has 2 aromatic rings. The van der Waals surface area contributed by atoms with Crippen molar-refractivity contribution < 1.29 is 9.53 Å². The number of hydrogen-bond donors (Lipinski definition) is 1. The number of carbonyl (C=O) groups is 1. The topological polar surface area (TPSA) is 57.7 Å². The molecule has 0 saturated carbocycles. The van der Waals surface area contributed by atoms with Gasteiger partial charge in [-0.3, -0.25) is 19.6 Å². The zero-order valence-electron chi connectivity index (χ0n) is 18.5. The largest absolute Gasteiger partial charge is 0.489 e. The van der Waals surface area contributed by atoms with Gasteiger partial charge in [0, 0.05) is 50.6 Å². The fourth-order valence-corrected chi connectivity index (χ4v) is 4.66. The van der Waals surface area contributed by atoms with E-state index >= 15 is 0 Å². The van der Waals surface area contributed by atoms with Gasteiger partial charge in [0.25, 0.3) is 0 Å². The van der Waals surface area contributed by atoms with Crippen molar-refractivity contribution in [3.8, 4) is 5.75 Å². The molecule has 2 atom stereocenters. The maximum Gasteiger partial charge on any atom is 0.221 e. The quantitative estimate of drug-likeness (QED) is 0.741. The lowest BCUT2D eigenvalue weighted by molar-refractivity contribution is -0.121. The van der Waals surface area contributed by atoms with Gasteiger partial charge in [-0.1, -0.05) is 30.7 Å². The molecular weight excluding hydrogens is 388 g/mol. The minimum absolute atomic E-state index is 0.108. The van der Waals surface area contributed by atoms with E-state index in [-0.39, 0.29) is 18.1 Å². The van der Waals surface area contributed by atoms with Crippen LogP contribution in [0.5, 0.6) is 5.75 Å². The monoisotopic (exact) mass is 422 g/mol. The molecule has 1 fully saturated rings. The average molecular weight is 423 g/mol. The van der Waals surface area contributed by atoms with Crippen molar-refractivity contribution in [3.63, 3.8) is 0 Å². The second kappa shape index (κ2) is 10.7. The van der Waals surface area contributed by atoms with E-state index in [1.54, 1.807) is 6.20 Å². The number of hydrogen-bond acceptors (Lipinski definition) is 5. The van der Waals surface area contributed by atoms with Crippen LogP contribution >= 0.6 is 0 Å². The van der Waals surface area contributed by atoms with Crippen molar-refractivity contribution >= 4 is 5.91 Å². The molecule has 0 radical (unpaired) electrons. The molecule has 1 amide bonds. The number of rotatable bonds is 7. The van der Waals surface area contributed by atoms with Gasteiger partial charge >= 0.3 is 0 Å². The standard InChI is InChI=1S/C25H34N4O2/c1-20-18-28(19-22-8-3-4-10-24(22)31-20)15-11-25(30)27-17-23(21-9-7-12-26-16-21)29-13-5-2-6-14-29/h3-4,7-10,12,16,20,23H,2,5-6,11,13-15,17-19H2,1H3,(H,27,30)/t20-,23+/m0/s1. The van der Waals surface area contributed by atoms with Crippen LogP contribution in [-0.4, -0.2) is 59.5 Å². The zero-order chi connectivity index (χ0) is 21.5. The molecule has 1 N–H and O–H groups in total. The summed E-state index contributed by atoms with van der Waals surface area (Å²) < 4.78 is 6.04. The maximum atomic E-state index is 12.7. The van der Waals surface area contributed by atoms with Crippen LogP contribution in [0, 0.1) is 0 Å². The van der Waals surface area contributed by atoms with Crippen LogP contribution in [0.1, 0.15) is 49.8 Å². The number of likely N-dealkylation sites (tertiary alicyclic amines) is 1. The molecule has 0 unspecified atom stereocenters. The highest BCUT2D eigenvalue weighted by Crippen LogP contribution is 2.25. The normalized spacial score (nSPS) is 20.9. The number of carbonyl (C=O) groups excluding carboxylic acids is 1. The molecule has 2 aliphatic heterocycles.